The third-order valence-electron chi connectivity index (χ3n) is 5.68. The molecule has 1 amide bonds. The highest BCUT2D eigenvalue weighted by molar-refractivity contribution is 7.22. The number of nitrogens with zero attached hydrogens (tertiary/aromatic N) is 3. The highest BCUT2D eigenvalue weighted by Gasteiger charge is 2.16. The van der Waals surface area contributed by atoms with Crippen LogP contribution in [0.1, 0.15) is 51.9 Å². The van der Waals surface area contributed by atoms with Gasteiger partial charge in [0.05, 0.1) is 10.2 Å². The Labute approximate surface area is 193 Å². The van der Waals surface area contributed by atoms with Crippen LogP contribution in [-0.2, 0) is 4.79 Å². The fraction of sp³-hybridized carbons (Fsp3) is 0.458. The van der Waals surface area contributed by atoms with Crippen molar-refractivity contribution in [3.8, 4) is 11.5 Å². The molecule has 0 radical (unpaired) electrons. The number of nitrogens with two attached hydrogens (primary N) is 1. The molecule has 0 bridgehead atoms. The Morgan fingerprint density at radius 2 is 1.81 bits per heavy atom. The highest BCUT2D eigenvalue weighted by atomic mass is 32.1. The number of nitrogens with one attached hydrogen (secondary N) is 1. The standard InChI is InChI=1S/C22H26N4OS.C2H5NO/c1-2-6-16(7-3-1)24-22-25-19-9-8-17(14-20(19)28-22)27-18-10-11-23-21(15-18)26-12-4-5-13-26;1-2(3)4/h8-11,14-16H,1-7,12-13H2,(H,24,25);1H3,(H2,3,4). The predicted molar refractivity (Wildman–Crippen MR) is 131 cm³/mol. The predicted octanol–water partition coefficient (Wildman–Crippen LogP) is 5.32. The molecule has 0 atom stereocenters. The Morgan fingerprint density at radius 1 is 1.09 bits per heavy atom. The molecule has 2 aliphatic rings. The number of fused-ring (bicyclic) bond motifs is 1. The summed E-state index contributed by atoms with van der Waals surface area (Å²) in [5, 5.41) is 4.66. The Balaban J connectivity index is 0.000000567. The first-order valence-corrected chi connectivity index (χ1v) is 12.2. The van der Waals surface area contributed by atoms with Gasteiger partial charge in [-0.05, 0) is 43.9 Å². The molecule has 3 heterocycles. The van der Waals surface area contributed by atoms with Crippen LogP contribution in [0.15, 0.2) is 36.5 Å². The second-order valence-electron chi connectivity index (χ2n) is 8.38. The molecule has 1 aromatic carbocycles. The molecule has 3 N–H and O–H groups in total. The first-order valence-electron chi connectivity index (χ1n) is 11.4. The lowest BCUT2D eigenvalue weighted by Crippen LogP contribution is -2.21. The lowest BCUT2D eigenvalue weighted by atomic mass is 9.96. The number of aromatic nitrogens is 2. The van der Waals surface area contributed by atoms with E-state index >= 15 is 0 Å². The van der Waals surface area contributed by atoms with E-state index in [0.29, 0.717) is 6.04 Å². The van der Waals surface area contributed by atoms with Crippen LogP contribution in [0.3, 0.4) is 0 Å². The third kappa shape index (κ3) is 6.09. The summed E-state index contributed by atoms with van der Waals surface area (Å²) in [6.45, 7) is 3.47. The zero-order valence-electron chi connectivity index (χ0n) is 18.5. The van der Waals surface area contributed by atoms with Gasteiger partial charge in [0.15, 0.2) is 5.13 Å². The van der Waals surface area contributed by atoms with Crippen LogP contribution in [0.5, 0.6) is 11.5 Å². The first-order chi connectivity index (χ1) is 15.6. The maximum absolute atomic E-state index is 9.22. The van der Waals surface area contributed by atoms with Crippen molar-refractivity contribution in [1.29, 1.82) is 0 Å². The van der Waals surface area contributed by atoms with E-state index < -0.39 is 0 Å². The normalized spacial score (nSPS) is 16.5. The number of amides is 1. The lowest BCUT2D eigenvalue weighted by Gasteiger charge is -2.22. The molecule has 1 aliphatic heterocycles. The molecule has 32 heavy (non-hydrogen) atoms. The van der Waals surface area contributed by atoms with Gasteiger partial charge < -0.3 is 20.7 Å². The molecule has 0 unspecified atom stereocenters. The molecule has 1 saturated carbocycles. The molecular weight excluding hydrogens is 422 g/mol. The minimum atomic E-state index is -0.333. The van der Waals surface area contributed by atoms with Crippen LogP contribution in [0.2, 0.25) is 0 Å². The second-order valence-corrected chi connectivity index (χ2v) is 9.42. The minimum absolute atomic E-state index is 0.333. The first kappa shape index (κ1) is 22.3. The van der Waals surface area contributed by atoms with Crippen molar-refractivity contribution in [2.24, 2.45) is 5.73 Å². The third-order valence-corrected chi connectivity index (χ3v) is 6.62. The van der Waals surface area contributed by atoms with Crippen molar-refractivity contribution >= 4 is 38.4 Å². The van der Waals surface area contributed by atoms with Crippen molar-refractivity contribution in [1.82, 2.24) is 9.97 Å². The van der Waals surface area contributed by atoms with Crippen LogP contribution < -0.4 is 20.7 Å². The summed E-state index contributed by atoms with van der Waals surface area (Å²) in [6, 6.07) is 10.7. The van der Waals surface area contributed by atoms with E-state index in [0.717, 1.165) is 45.8 Å². The van der Waals surface area contributed by atoms with Crippen molar-refractivity contribution < 1.29 is 9.53 Å². The number of ether oxygens (including phenoxy) is 1. The van der Waals surface area contributed by atoms with Gasteiger partial charge in [-0.25, -0.2) is 9.97 Å². The van der Waals surface area contributed by atoms with Crippen molar-refractivity contribution in [3.63, 3.8) is 0 Å². The Bertz CT molecular complexity index is 1040. The highest BCUT2D eigenvalue weighted by Crippen LogP contribution is 2.33. The van der Waals surface area contributed by atoms with Crippen LogP contribution in [0.25, 0.3) is 10.2 Å². The summed E-state index contributed by atoms with van der Waals surface area (Å²) in [5.74, 6) is 2.35. The number of hydrogen-bond acceptors (Lipinski definition) is 7. The van der Waals surface area contributed by atoms with E-state index in [9.17, 15) is 4.79 Å². The van der Waals surface area contributed by atoms with Gasteiger partial charge in [0.1, 0.15) is 17.3 Å². The van der Waals surface area contributed by atoms with E-state index in [1.165, 1.54) is 51.9 Å². The van der Waals surface area contributed by atoms with Gasteiger partial charge in [-0.2, -0.15) is 0 Å². The number of thiazole rings is 1. The van der Waals surface area contributed by atoms with Gasteiger partial charge in [0.2, 0.25) is 5.91 Å². The summed E-state index contributed by atoms with van der Waals surface area (Å²) in [5.41, 5.74) is 5.50. The van der Waals surface area contributed by atoms with E-state index in [1.807, 2.05) is 24.4 Å². The van der Waals surface area contributed by atoms with Gasteiger partial charge in [0, 0.05) is 44.4 Å². The number of carbonyl (C=O) groups excluding carboxylic acids is 1. The number of carbonyl (C=O) groups is 1. The van der Waals surface area contributed by atoms with E-state index in [4.69, 9.17) is 9.72 Å². The molecule has 1 aliphatic carbocycles. The quantitative estimate of drug-likeness (QED) is 0.543. The summed E-state index contributed by atoms with van der Waals surface area (Å²) in [6.07, 6.45) is 10.8. The van der Waals surface area contributed by atoms with Gasteiger partial charge in [-0.1, -0.05) is 30.6 Å². The van der Waals surface area contributed by atoms with Gasteiger partial charge >= 0.3 is 0 Å². The van der Waals surface area contributed by atoms with Crippen molar-refractivity contribution in [2.75, 3.05) is 23.3 Å². The van der Waals surface area contributed by atoms with Gasteiger partial charge in [-0.3, -0.25) is 4.79 Å². The number of anilines is 2. The molecule has 3 aromatic rings. The molecule has 2 fully saturated rings. The number of primary amides is 1. The molecule has 170 valence electrons. The summed E-state index contributed by atoms with van der Waals surface area (Å²) < 4.78 is 7.29. The average molecular weight is 454 g/mol. The molecule has 1 saturated heterocycles. The zero-order chi connectivity index (χ0) is 22.3. The number of rotatable bonds is 5. The average Bonchev–Trinajstić information content (AvgIpc) is 3.44. The molecule has 5 rings (SSSR count). The van der Waals surface area contributed by atoms with Crippen LogP contribution in [-0.4, -0.2) is 35.0 Å². The fourth-order valence-electron chi connectivity index (χ4n) is 4.17. The molecule has 0 spiro atoms. The maximum Gasteiger partial charge on any atom is 0.214 e. The van der Waals surface area contributed by atoms with Crippen LogP contribution >= 0.6 is 11.3 Å². The molecule has 2 aromatic heterocycles. The second kappa shape index (κ2) is 10.6. The van der Waals surface area contributed by atoms with Crippen molar-refractivity contribution in [2.45, 2.75) is 57.9 Å². The molecule has 7 nitrogen and oxygen atoms in total. The number of pyridine rings is 1. The van der Waals surface area contributed by atoms with E-state index in [1.54, 1.807) is 11.3 Å². The van der Waals surface area contributed by atoms with Crippen molar-refractivity contribution in [3.05, 3.63) is 36.5 Å². The Kier molecular flexibility index (Phi) is 7.42. The van der Waals surface area contributed by atoms with Gasteiger partial charge in [0.25, 0.3) is 0 Å². The smallest absolute Gasteiger partial charge is 0.214 e. The summed E-state index contributed by atoms with van der Waals surface area (Å²) >= 11 is 1.72. The monoisotopic (exact) mass is 453 g/mol. The number of hydrogen-bond donors (Lipinski definition) is 2. The van der Waals surface area contributed by atoms with E-state index in [-0.39, 0.29) is 5.91 Å². The minimum Gasteiger partial charge on any atom is -0.457 e. The largest absolute Gasteiger partial charge is 0.457 e. The molecule has 8 heteroatoms. The van der Waals surface area contributed by atoms with E-state index in [2.05, 4.69) is 33.1 Å². The maximum atomic E-state index is 9.22. The fourth-order valence-corrected chi connectivity index (χ4v) is 5.14. The summed E-state index contributed by atoms with van der Waals surface area (Å²) in [4.78, 5) is 20.8. The molecular formula is C24H31N5O2S. The number of benzene rings is 1. The zero-order valence-corrected chi connectivity index (χ0v) is 19.4. The van der Waals surface area contributed by atoms with Crippen LogP contribution in [0, 0.1) is 0 Å². The summed E-state index contributed by atoms with van der Waals surface area (Å²) in [7, 11) is 0. The topological polar surface area (TPSA) is 93.4 Å². The lowest BCUT2D eigenvalue weighted by molar-refractivity contribution is -0.115. The SMILES string of the molecule is CC(N)=O.c1cc(Oc2ccc3nc(NC4CCCCC4)sc3c2)cc(N2CCCC2)n1. The Morgan fingerprint density at radius 3 is 2.56 bits per heavy atom. The van der Waals surface area contributed by atoms with Gasteiger partial charge in [-0.15, -0.1) is 0 Å². The van der Waals surface area contributed by atoms with Crippen LogP contribution in [0.4, 0.5) is 10.9 Å². The Hall–Kier alpha value is -2.87.